The maximum absolute atomic E-state index is 12.8. The van der Waals surface area contributed by atoms with E-state index in [0.29, 0.717) is 18.1 Å². The van der Waals surface area contributed by atoms with Crippen molar-refractivity contribution >= 4 is 39.8 Å². The molecule has 3 aromatic rings. The van der Waals surface area contributed by atoms with Crippen molar-refractivity contribution in [1.29, 1.82) is 0 Å². The number of halogens is 1. The molecule has 1 amide bonds. The van der Waals surface area contributed by atoms with Crippen LogP contribution < -0.4 is 10.6 Å². The number of aromatic nitrogens is 2. The molecule has 0 fully saturated rings. The van der Waals surface area contributed by atoms with Gasteiger partial charge in [-0.1, -0.05) is 53.4 Å². The quantitative estimate of drug-likeness (QED) is 0.574. The summed E-state index contributed by atoms with van der Waals surface area (Å²) in [7, 11) is 0. The van der Waals surface area contributed by atoms with Crippen LogP contribution in [0.3, 0.4) is 0 Å². The summed E-state index contributed by atoms with van der Waals surface area (Å²) in [4.78, 5) is 11.9. The zero-order valence-corrected chi connectivity index (χ0v) is 15.4. The van der Waals surface area contributed by atoms with E-state index in [-0.39, 0.29) is 17.5 Å². The van der Waals surface area contributed by atoms with E-state index >= 15 is 0 Å². The normalized spacial score (nSPS) is 10.5. The lowest BCUT2D eigenvalue weighted by molar-refractivity contribution is -0.118. The number of para-hydroxylation sites is 1. The topological polar surface area (TPSA) is 66.9 Å². The molecule has 26 heavy (non-hydrogen) atoms. The Morgan fingerprint density at radius 1 is 1.08 bits per heavy atom. The lowest BCUT2D eigenvalue weighted by Crippen LogP contribution is -2.27. The van der Waals surface area contributed by atoms with E-state index in [1.807, 2.05) is 30.3 Å². The van der Waals surface area contributed by atoms with Crippen LogP contribution in [0.4, 0.5) is 15.2 Å². The Hall–Kier alpha value is -2.45. The lowest BCUT2D eigenvalue weighted by Gasteiger charge is -2.04. The molecule has 3 rings (SSSR count). The minimum Gasteiger partial charge on any atom is -0.355 e. The van der Waals surface area contributed by atoms with Crippen molar-refractivity contribution in [1.82, 2.24) is 15.5 Å². The Morgan fingerprint density at radius 3 is 2.62 bits per heavy atom. The summed E-state index contributed by atoms with van der Waals surface area (Å²) in [6.45, 7) is 0.516. The monoisotopic (exact) mass is 388 g/mol. The van der Waals surface area contributed by atoms with Crippen LogP contribution in [0.5, 0.6) is 0 Å². The summed E-state index contributed by atoms with van der Waals surface area (Å²) >= 11 is 2.76. The molecule has 0 unspecified atom stereocenters. The van der Waals surface area contributed by atoms with Crippen LogP contribution in [0.2, 0.25) is 0 Å². The van der Waals surface area contributed by atoms with Crippen LogP contribution in [-0.2, 0) is 11.2 Å². The Kier molecular flexibility index (Phi) is 6.56. The average Bonchev–Trinajstić information content (AvgIpc) is 3.10. The number of anilines is 2. The molecular weight excluding hydrogens is 371 g/mol. The van der Waals surface area contributed by atoms with Crippen molar-refractivity contribution in [3.05, 3.63) is 66.0 Å². The Balaban J connectivity index is 1.38. The lowest BCUT2D eigenvalue weighted by atomic mass is 10.1. The van der Waals surface area contributed by atoms with Gasteiger partial charge in [0.15, 0.2) is 4.34 Å². The second-order valence-electron chi connectivity index (χ2n) is 5.38. The van der Waals surface area contributed by atoms with Gasteiger partial charge in [-0.3, -0.25) is 4.79 Å². The van der Waals surface area contributed by atoms with Gasteiger partial charge >= 0.3 is 0 Å². The van der Waals surface area contributed by atoms with Crippen LogP contribution in [0, 0.1) is 5.82 Å². The number of amides is 1. The van der Waals surface area contributed by atoms with Crippen LogP contribution in [0.1, 0.15) is 5.56 Å². The van der Waals surface area contributed by atoms with Crippen LogP contribution in [0.15, 0.2) is 58.9 Å². The van der Waals surface area contributed by atoms with Crippen LogP contribution in [0.25, 0.3) is 0 Å². The SMILES string of the molecule is O=C(CSc1nnc(Nc2ccccc2)s1)NCCc1ccc(F)cc1. The maximum Gasteiger partial charge on any atom is 0.230 e. The predicted octanol–water partition coefficient (Wildman–Crippen LogP) is 3.87. The fourth-order valence-corrected chi connectivity index (χ4v) is 3.74. The molecule has 0 saturated carbocycles. The average molecular weight is 388 g/mol. The van der Waals surface area contributed by atoms with Gasteiger partial charge < -0.3 is 10.6 Å². The van der Waals surface area contributed by atoms with Gasteiger partial charge in [0, 0.05) is 12.2 Å². The van der Waals surface area contributed by atoms with Crippen LogP contribution >= 0.6 is 23.1 Å². The van der Waals surface area contributed by atoms with Crippen molar-refractivity contribution in [2.45, 2.75) is 10.8 Å². The summed E-state index contributed by atoms with van der Waals surface area (Å²) in [5.74, 6) is -0.0409. The van der Waals surface area contributed by atoms with Gasteiger partial charge in [0.05, 0.1) is 5.75 Å². The van der Waals surface area contributed by atoms with Crippen molar-refractivity contribution in [3.8, 4) is 0 Å². The molecule has 2 N–H and O–H groups in total. The molecule has 0 spiro atoms. The number of thioether (sulfide) groups is 1. The molecule has 1 aromatic heterocycles. The van der Waals surface area contributed by atoms with Gasteiger partial charge in [-0.05, 0) is 36.2 Å². The van der Waals surface area contributed by atoms with Gasteiger partial charge in [0.2, 0.25) is 11.0 Å². The first-order chi connectivity index (χ1) is 12.7. The molecule has 5 nitrogen and oxygen atoms in total. The number of nitrogens with one attached hydrogen (secondary N) is 2. The second-order valence-corrected chi connectivity index (χ2v) is 7.58. The maximum atomic E-state index is 12.8. The van der Waals surface area contributed by atoms with Crippen molar-refractivity contribution < 1.29 is 9.18 Å². The largest absolute Gasteiger partial charge is 0.355 e. The molecule has 134 valence electrons. The molecule has 0 aliphatic heterocycles. The number of nitrogens with zero attached hydrogens (tertiary/aromatic N) is 2. The van der Waals surface area contributed by atoms with Crippen LogP contribution in [-0.4, -0.2) is 28.4 Å². The molecule has 2 aromatic carbocycles. The number of hydrogen-bond acceptors (Lipinski definition) is 6. The Morgan fingerprint density at radius 2 is 1.85 bits per heavy atom. The highest BCUT2D eigenvalue weighted by molar-refractivity contribution is 8.01. The molecule has 0 radical (unpaired) electrons. The number of hydrogen-bond donors (Lipinski definition) is 2. The zero-order chi connectivity index (χ0) is 18.2. The van der Waals surface area contributed by atoms with Gasteiger partial charge in [-0.15, -0.1) is 10.2 Å². The van der Waals surface area contributed by atoms with E-state index in [2.05, 4.69) is 20.8 Å². The minimum absolute atomic E-state index is 0.0649. The fraction of sp³-hybridized carbons (Fsp3) is 0.167. The molecule has 1 heterocycles. The van der Waals surface area contributed by atoms with E-state index < -0.39 is 0 Å². The third-order valence-electron chi connectivity index (χ3n) is 3.41. The molecule has 0 aliphatic rings. The van der Waals surface area contributed by atoms with E-state index in [1.54, 1.807) is 12.1 Å². The second kappa shape index (κ2) is 9.30. The molecule has 8 heteroatoms. The number of rotatable bonds is 8. The zero-order valence-electron chi connectivity index (χ0n) is 13.8. The fourth-order valence-electron chi connectivity index (χ4n) is 2.14. The van der Waals surface area contributed by atoms with Gasteiger partial charge in [-0.2, -0.15) is 0 Å². The van der Waals surface area contributed by atoms with Gasteiger partial charge in [-0.25, -0.2) is 4.39 Å². The molecule has 0 bridgehead atoms. The number of carbonyl (C=O) groups excluding carboxylic acids is 1. The first-order valence-corrected chi connectivity index (χ1v) is 9.79. The molecule has 0 saturated heterocycles. The summed E-state index contributed by atoms with van der Waals surface area (Å²) < 4.78 is 13.6. The minimum atomic E-state index is -0.257. The Bertz CT molecular complexity index is 840. The summed E-state index contributed by atoms with van der Waals surface area (Å²) in [5, 5.41) is 14.9. The van der Waals surface area contributed by atoms with Crippen molar-refractivity contribution in [2.24, 2.45) is 0 Å². The van der Waals surface area contributed by atoms with E-state index in [1.165, 1.54) is 35.2 Å². The Labute approximate surface area is 159 Å². The van der Waals surface area contributed by atoms with E-state index in [9.17, 15) is 9.18 Å². The van der Waals surface area contributed by atoms with Gasteiger partial charge in [0.1, 0.15) is 5.82 Å². The third-order valence-corrected chi connectivity index (χ3v) is 5.38. The molecule has 0 atom stereocenters. The van der Waals surface area contributed by atoms with Gasteiger partial charge in [0.25, 0.3) is 0 Å². The molecular formula is C18H17FN4OS2. The molecule has 0 aliphatic carbocycles. The smallest absolute Gasteiger partial charge is 0.230 e. The van der Waals surface area contributed by atoms with E-state index in [4.69, 9.17) is 0 Å². The van der Waals surface area contributed by atoms with Crippen molar-refractivity contribution in [3.63, 3.8) is 0 Å². The van der Waals surface area contributed by atoms with Crippen molar-refractivity contribution in [2.75, 3.05) is 17.6 Å². The van der Waals surface area contributed by atoms with E-state index in [0.717, 1.165) is 15.6 Å². The highest BCUT2D eigenvalue weighted by Gasteiger charge is 2.08. The predicted molar refractivity (Wildman–Crippen MR) is 103 cm³/mol. The highest BCUT2D eigenvalue weighted by Crippen LogP contribution is 2.27. The summed E-state index contributed by atoms with van der Waals surface area (Å²) in [6.07, 6.45) is 0.667. The summed E-state index contributed by atoms with van der Waals surface area (Å²) in [6, 6.07) is 16.0. The first kappa shape index (κ1) is 18.3. The summed E-state index contributed by atoms with van der Waals surface area (Å²) in [5.41, 5.74) is 1.93. The number of carbonyl (C=O) groups is 1. The third kappa shape index (κ3) is 5.82. The highest BCUT2D eigenvalue weighted by atomic mass is 32.2. The standard InChI is InChI=1S/C18H17FN4OS2/c19-14-8-6-13(7-9-14)10-11-20-16(24)12-25-18-23-22-17(26-18)21-15-4-2-1-3-5-15/h1-9H,10-12H2,(H,20,24)(H,21,22). The number of benzene rings is 2. The first-order valence-electron chi connectivity index (χ1n) is 7.98.